The van der Waals surface area contributed by atoms with E-state index < -0.39 is 17.5 Å². The van der Waals surface area contributed by atoms with Gasteiger partial charge in [0.2, 0.25) is 5.71 Å². The average Bonchev–Trinajstić information content (AvgIpc) is 1.64. The largest absolute Gasteiger partial charge is 0.476 e. The first-order chi connectivity index (χ1) is 4.09. The zero-order chi connectivity index (χ0) is 7.44. The molecular weight excluding hydrogens is 126 g/mol. The third-order valence-electron chi connectivity index (χ3n) is 0.636. The molecule has 9 heavy (non-hydrogen) atoms. The zero-order valence-electron chi connectivity index (χ0n) is 4.66. The van der Waals surface area contributed by atoms with Crippen molar-refractivity contribution in [2.45, 2.75) is 6.92 Å². The van der Waals surface area contributed by atoms with Crippen molar-refractivity contribution in [1.82, 2.24) is 0 Å². The molecule has 2 N–H and O–H groups in total. The van der Waals surface area contributed by atoms with Gasteiger partial charge in [0.25, 0.3) is 0 Å². The number of nitrogens with zero attached hydrogens (tertiary/aromatic N) is 1. The molecule has 0 atom stereocenters. The summed E-state index contributed by atoms with van der Waals surface area (Å²) < 4.78 is 0. The summed E-state index contributed by atoms with van der Waals surface area (Å²) in [6.45, 7) is 1.00. The number of Topliss-reactive ketones (excluding diaryl/α,β-unsaturated/α-hetero) is 1. The van der Waals surface area contributed by atoms with E-state index in [2.05, 4.69) is 5.16 Å². The summed E-state index contributed by atoms with van der Waals surface area (Å²) in [5, 5.41) is 18.1. The van der Waals surface area contributed by atoms with Crippen molar-refractivity contribution in [3.8, 4) is 0 Å². The number of ketones is 1. The van der Waals surface area contributed by atoms with Gasteiger partial charge in [-0.05, 0) is 0 Å². The summed E-state index contributed by atoms with van der Waals surface area (Å²) in [6, 6.07) is 0. The minimum Gasteiger partial charge on any atom is -0.476 e. The molecule has 0 aliphatic carbocycles. The van der Waals surface area contributed by atoms with E-state index in [4.69, 9.17) is 10.3 Å². The van der Waals surface area contributed by atoms with Crippen LogP contribution in [0.4, 0.5) is 0 Å². The molecule has 0 bridgehead atoms. The fourth-order valence-corrected chi connectivity index (χ4v) is 0.264. The Bertz CT molecular complexity index is 155. The molecule has 0 aliphatic heterocycles. The molecule has 0 radical (unpaired) electrons. The van der Waals surface area contributed by atoms with Crippen LogP contribution in [0.2, 0.25) is 0 Å². The van der Waals surface area contributed by atoms with Crippen LogP contribution in [0.25, 0.3) is 0 Å². The number of rotatable bonds is 2. The third-order valence-corrected chi connectivity index (χ3v) is 0.636. The molecule has 0 aromatic heterocycles. The third kappa shape index (κ3) is 1.89. The van der Waals surface area contributed by atoms with Gasteiger partial charge in [-0.1, -0.05) is 5.16 Å². The van der Waals surface area contributed by atoms with E-state index in [0.29, 0.717) is 0 Å². The number of oxime groups is 1. The Labute approximate surface area is 50.6 Å². The van der Waals surface area contributed by atoms with Crippen molar-refractivity contribution >= 4 is 17.5 Å². The van der Waals surface area contributed by atoms with Gasteiger partial charge in [-0.25, -0.2) is 4.79 Å². The monoisotopic (exact) mass is 131 g/mol. The molecule has 0 aromatic carbocycles. The molecule has 0 unspecified atom stereocenters. The minimum atomic E-state index is -1.52. The maximum Gasteiger partial charge on any atom is 0.361 e. The van der Waals surface area contributed by atoms with Crippen molar-refractivity contribution in [2.24, 2.45) is 5.16 Å². The van der Waals surface area contributed by atoms with E-state index in [1.54, 1.807) is 0 Å². The normalized spacial score (nSPS) is 11.0. The summed E-state index contributed by atoms with van der Waals surface area (Å²) in [6.07, 6.45) is 0. The van der Waals surface area contributed by atoms with E-state index in [0.717, 1.165) is 6.92 Å². The fraction of sp³-hybridized carbons (Fsp3) is 0.250. The lowest BCUT2D eigenvalue weighted by atomic mass is 10.3. The van der Waals surface area contributed by atoms with E-state index in [9.17, 15) is 9.59 Å². The molecular formula is C4H5NO4. The summed E-state index contributed by atoms with van der Waals surface area (Å²) in [7, 11) is 0. The van der Waals surface area contributed by atoms with Gasteiger partial charge in [-0.15, -0.1) is 0 Å². The number of carbonyl (C=O) groups excluding carboxylic acids is 1. The van der Waals surface area contributed by atoms with Crippen LogP contribution in [-0.4, -0.2) is 27.8 Å². The van der Waals surface area contributed by atoms with Gasteiger partial charge in [-0.3, -0.25) is 4.79 Å². The van der Waals surface area contributed by atoms with Crippen LogP contribution < -0.4 is 0 Å². The first-order valence-electron chi connectivity index (χ1n) is 2.06. The number of aliphatic carboxylic acids is 1. The number of carbonyl (C=O) groups is 2. The molecule has 0 heterocycles. The molecule has 0 fully saturated rings. The molecule has 50 valence electrons. The predicted octanol–water partition coefficient (Wildman–Crippen LogP) is -0.510. The van der Waals surface area contributed by atoms with Crippen LogP contribution in [0.1, 0.15) is 6.92 Å². The van der Waals surface area contributed by atoms with E-state index in [1.165, 1.54) is 0 Å². The highest BCUT2D eigenvalue weighted by molar-refractivity contribution is 6.63. The number of hydrogen-bond donors (Lipinski definition) is 2. The second-order valence-electron chi connectivity index (χ2n) is 1.31. The Morgan fingerprint density at radius 3 is 1.89 bits per heavy atom. The van der Waals surface area contributed by atoms with Gasteiger partial charge in [0, 0.05) is 6.92 Å². The smallest absolute Gasteiger partial charge is 0.361 e. The number of carboxylic acids is 1. The Hall–Kier alpha value is -1.39. The molecule has 0 aliphatic rings. The Balaban J connectivity index is 4.38. The molecule has 0 spiro atoms. The molecule has 0 saturated heterocycles. The second kappa shape index (κ2) is 2.81. The van der Waals surface area contributed by atoms with Crippen molar-refractivity contribution in [1.29, 1.82) is 0 Å². The average molecular weight is 131 g/mol. The van der Waals surface area contributed by atoms with Crippen molar-refractivity contribution in [3.63, 3.8) is 0 Å². The highest BCUT2D eigenvalue weighted by atomic mass is 16.4. The van der Waals surface area contributed by atoms with Gasteiger partial charge in [0.15, 0.2) is 5.78 Å². The molecule has 0 saturated carbocycles. The van der Waals surface area contributed by atoms with E-state index in [-0.39, 0.29) is 0 Å². The Kier molecular flexibility index (Phi) is 2.37. The van der Waals surface area contributed by atoms with E-state index in [1.807, 2.05) is 0 Å². The summed E-state index contributed by atoms with van der Waals surface area (Å²) in [4.78, 5) is 20.0. The highest BCUT2D eigenvalue weighted by Gasteiger charge is 2.14. The lowest BCUT2D eigenvalue weighted by molar-refractivity contribution is -0.130. The highest BCUT2D eigenvalue weighted by Crippen LogP contribution is 1.78. The van der Waals surface area contributed by atoms with Gasteiger partial charge in [-0.2, -0.15) is 0 Å². The minimum absolute atomic E-state index is 0.773. The molecule has 0 rings (SSSR count). The quantitative estimate of drug-likeness (QED) is 0.228. The SMILES string of the molecule is CC(=O)/C(=N\O)C(=O)O. The first-order valence-corrected chi connectivity index (χ1v) is 2.06. The Morgan fingerprint density at radius 1 is 1.44 bits per heavy atom. The lowest BCUT2D eigenvalue weighted by Gasteiger charge is -1.87. The van der Waals surface area contributed by atoms with Gasteiger partial charge in [0.1, 0.15) is 0 Å². The molecule has 0 aromatic rings. The zero-order valence-corrected chi connectivity index (χ0v) is 4.66. The molecule has 5 heteroatoms. The fourth-order valence-electron chi connectivity index (χ4n) is 0.264. The number of hydrogen-bond acceptors (Lipinski definition) is 4. The van der Waals surface area contributed by atoms with Crippen LogP contribution in [0.15, 0.2) is 5.16 Å². The van der Waals surface area contributed by atoms with Gasteiger partial charge >= 0.3 is 5.97 Å². The molecule has 0 amide bonds. The summed E-state index contributed by atoms with van der Waals surface area (Å²) in [5.74, 6) is -2.30. The van der Waals surface area contributed by atoms with Crippen molar-refractivity contribution < 1.29 is 19.9 Å². The van der Waals surface area contributed by atoms with Gasteiger partial charge in [0.05, 0.1) is 0 Å². The van der Waals surface area contributed by atoms with Crippen LogP contribution >= 0.6 is 0 Å². The van der Waals surface area contributed by atoms with Crippen molar-refractivity contribution in [2.75, 3.05) is 0 Å². The maximum absolute atomic E-state index is 10.1. The van der Waals surface area contributed by atoms with Gasteiger partial charge < -0.3 is 10.3 Å². The summed E-state index contributed by atoms with van der Waals surface area (Å²) in [5.41, 5.74) is -0.852. The summed E-state index contributed by atoms with van der Waals surface area (Å²) >= 11 is 0. The van der Waals surface area contributed by atoms with Crippen molar-refractivity contribution in [3.05, 3.63) is 0 Å². The van der Waals surface area contributed by atoms with Crippen LogP contribution in [0.3, 0.4) is 0 Å². The Morgan fingerprint density at radius 2 is 1.89 bits per heavy atom. The van der Waals surface area contributed by atoms with Crippen LogP contribution in [-0.2, 0) is 9.59 Å². The van der Waals surface area contributed by atoms with E-state index >= 15 is 0 Å². The molecule has 5 nitrogen and oxygen atoms in total. The first kappa shape index (κ1) is 7.61. The lowest BCUT2D eigenvalue weighted by Crippen LogP contribution is -2.20. The van der Waals surface area contributed by atoms with Crippen LogP contribution in [0, 0.1) is 0 Å². The maximum atomic E-state index is 10.1. The predicted molar refractivity (Wildman–Crippen MR) is 27.5 cm³/mol. The van der Waals surface area contributed by atoms with Crippen LogP contribution in [0.5, 0.6) is 0 Å². The standard InChI is InChI=1S/C4H5NO4/c1-2(6)3(5-9)4(7)8/h9H,1H3,(H,7,8)/b5-3+. The second-order valence-corrected chi connectivity index (χ2v) is 1.31. The topological polar surface area (TPSA) is 87.0 Å². The number of carboxylic acid groups (broad SMARTS) is 1.